The first kappa shape index (κ1) is 18.2. The van der Waals surface area contributed by atoms with Gasteiger partial charge in [0.25, 0.3) is 0 Å². The van der Waals surface area contributed by atoms with E-state index >= 15 is 0 Å². The van der Waals surface area contributed by atoms with Gasteiger partial charge >= 0.3 is 0 Å². The first-order valence-electron chi connectivity index (χ1n) is 6.34. The van der Waals surface area contributed by atoms with E-state index in [9.17, 15) is 0 Å². The van der Waals surface area contributed by atoms with E-state index in [2.05, 4.69) is 43.3 Å². The highest BCUT2D eigenvalue weighted by Gasteiger charge is 2.07. The second-order valence-electron chi connectivity index (χ2n) is 4.74. The fourth-order valence-electron chi connectivity index (χ4n) is 1.91. The SMILES string of the molecule is COc1cc(Sc2ccccc2CN(C)C)ccc1Cl.Cl. The van der Waals surface area contributed by atoms with Gasteiger partial charge in [-0.25, -0.2) is 0 Å². The lowest BCUT2D eigenvalue weighted by molar-refractivity contribution is 0.399. The molecule has 0 spiro atoms. The van der Waals surface area contributed by atoms with Crippen molar-refractivity contribution in [3.63, 3.8) is 0 Å². The topological polar surface area (TPSA) is 12.5 Å². The maximum absolute atomic E-state index is 6.06. The minimum Gasteiger partial charge on any atom is -0.495 e. The summed E-state index contributed by atoms with van der Waals surface area (Å²) in [5.41, 5.74) is 1.32. The second-order valence-corrected chi connectivity index (χ2v) is 6.27. The Labute approximate surface area is 141 Å². The molecule has 0 saturated carbocycles. The average Bonchev–Trinajstić information content (AvgIpc) is 2.42. The van der Waals surface area contributed by atoms with Crippen LogP contribution >= 0.6 is 35.8 Å². The number of benzene rings is 2. The van der Waals surface area contributed by atoms with Gasteiger partial charge < -0.3 is 9.64 Å². The van der Waals surface area contributed by atoms with Crippen molar-refractivity contribution in [2.75, 3.05) is 21.2 Å². The molecule has 21 heavy (non-hydrogen) atoms. The summed E-state index contributed by atoms with van der Waals surface area (Å²) in [7, 11) is 5.79. The number of nitrogens with zero attached hydrogens (tertiary/aromatic N) is 1. The van der Waals surface area contributed by atoms with Crippen LogP contribution in [-0.4, -0.2) is 26.1 Å². The Morgan fingerprint density at radius 3 is 2.52 bits per heavy atom. The standard InChI is InChI=1S/C16H18ClNOS.ClH/c1-18(2)11-12-6-4-5-7-16(12)20-13-8-9-14(17)15(10-13)19-3;/h4-10H,11H2,1-3H3;1H. The Hall–Kier alpha value is -0.870. The molecule has 0 unspecified atom stereocenters. The number of hydrogen-bond donors (Lipinski definition) is 0. The zero-order chi connectivity index (χ0) is 14.5. The minimum atomic E-state index is 0. The predicted molar refractivity (Wildman–Crippen MR) is 93.2 cm³/mol. The lowest BCUT2D eigenvalue weighted by Crippen LogP contribution is -2.11. The Morgan fingerprint density at radius 1 is 1.14 bits per heavy atom. The van der Waals surface area contributed by atoms with Gasteiger partial charge in [-0.2, -0.15) is 0 Å². The highest BCUT2D eigenvalue weighted by molar-refractivity contribution is 7.99. The summed E-state index contributed by atoms with van der Waals surface area (Å²) in [5, 5.41) is 0.637. The Bertz CT molecular complexity index is 590. The molecule has 0 atom stereocenters. The maximum Gasteiger partial charge on any atom is 0.138 e. The third-order valence-electron chi connectivity index (χ3n) is 2.81. The van der Waals surface area contributed by atoms with Gasteiger partial charge in [0.1, 0.15) is 5.75 Å². The van der Waals surface area contributed by atoms with E-state index in [4.69, 9.17) is 16.3 Å². The van der Waals surface area contributed by atoms with E-state index in [0.717, 1.165) is 11.4 Å². The van der Waals surface area contributed by atoms with Crippen molar-refractivity contribution < 1.29 is 4.74 Å². The van der Waals surface area contributed by atoms with Crippen molar-refractivity contribution in [1.82, 2.24) is 4.90 Å². The molecule has 2 aromatic rings. The van der Waals surface area contributed by atoms with Crippen LogP contribution in [0.1, 0.15) is 5.56 Å². The molecule has 2 nitrogen and oxygen atoms in total. The normalized spacial score (nSPS) is 10.3. The lowest BCUT2D eigenvalue weighted by atomic mass is 10.2. The number of methoxy groups -OCH3 is 1. The van der Waals surface area contributed by atoms with Gasteiger partial charge in [-0.1, -0.05) is 41.6 Å². The highest BCUT2D eigenvalue weighted by atomic mass is 35.5. The molecule has 0 saturated heterocycles. The molecule has 0 bridgehead atoms. The molecule has 0 aliphatic carbocycles. The fraction of sp³-hybridized carbons (Fsp3) is 0.250. The summed E-state index contributed by atoms with van der Waals surface area (Å²) in [6.07, 6.45) is 0. The summed E-state index contributed by atoms with van der Waals surface area (Å²) in [6, 6.07) is 14.3. The second kappa shape index (κ2) is 8.54. The smallest absolute Gasteiger partial charge is 0.138 e. The maximum atomic E-state index is 6.06. The minimum absolute atomic E-state index is 0. The van der Waals surface area contributed by atoms with E-state index in [1.807, 2.05) is 18.2 Å². The van der Waals surface area contributed by atoms with E-state index in [-0.39, 0.29) is 12.4 Å². The first-order chi connectivity index (χ1) is 9.60. The van der Waals surface area contributed by atoms with Gasteiger partial charge in [-0.15, -0.1) is 12.4 Å². The van der Waals surface area contributed by atoms with Crippen LogP contribution in [0, 0.1) is 0 Å². The molecular formula is C16H19Cl2NOS. The van der Waals surface area contributed by atoms with Crippen LogP contribution < -0.4 is 4.74 Å². The van der Waals surface area contributed by atoms with Crippen LogP contribution in [0.15, 0.2) is 52.3 Å². The summed E-state index contributed by atoms with van der Waals surface area (Å²) >= 11 is 7.79. The quantitative estimate of drug-likeness (QED) is 0.759. The molecule has 2 aromatic carbocycles. The van der Waals surface area contributed by atoms with Gasteiger partial charge in [0.2, 0.25) is 0 Å². The van der Waals surface area contributed by atoms with Gasteiger partial charge in [0, 0.05) is 16.3 Å². The van der Waals surface area contributed by atoms with Crippen LogP contribution in [0.5, 0.6) is 5.75 Å². The monoisotopic (exact) mass is 343 g/mol. The number of rotatable bonds is 5. The summed E-state index contributed by atoms with van der Waals surface area (Å²) < 4.78 is 5.26. The van der Waals surface area contributed by atoms with Gasteiger partial charge in [-0.05, 0) is 43.9 Å². The summed E-state index contributed by atoms with van der Waals surface area (Å²) in [5.74, 6) is 0.710. The Balaban J connectivity index is 0.00000220. The zero-order valence-corrected chi connectivity index (χ0v) is 14.7. The number of hydrogen-bond acceptors (Lipinski definition) is 3. The largest absolute Gasteiger partial charge is 0.495 e. The van der Waals surface area contributed by atoms with E-state index in [1.165, 1.54) is 10.5 Å². The third kappa shape index (κ3) is 5.11. The molecular weight excluding hydrogens is 325 g/mol. The predicted octanol–water partition coefficient (Wildman–Crippen LogP) is 4.98. The fourth-order valence-corrected chi connectivity index (χ4v) is 3.07. The molecule has 0 amide bonds. The molecule has 5 heteroatoms. The molecule has 0 aliphatic rings. The third-order valence-corrected chi connectivity index (χ3v) is 4.23. The summed E-state index contributed by atoms with van der Waals surface area (Å²) in [4.78, 5) is 4.55. The zero-order valence-electron chi connectivity index (χ0n) is 12.3. The molecule has 0 N–H and O–H groups in total. The highest BCUT2D eigenvalue weighted by Crippen LogP contribution is 2.35. The van der Waals surface area contributed by atoms with Gasteiger partial charge in [0.05, 0.1) is 12.1 Å². The van der Waals surface area contributed by atoms with Crippen molar-refractivity contribution in [2.45, 2.75) is 16.3 Å². The number of ether oxygens (including phenoxy) is 1. The van der Waals surface area contributed by atoms with Crippen molar-refractivity contribution in [3.05, 3.63) is 53.1 Å². The van der Waals surface area contributed by atoms with Crippen molar-refractivity contribution in [3.8, 4) is 5.75 Å². The Kier molecular flexibility index (Phi) is 7.40. The molecule has 0 fully saturated rings. The molecule has 2 rings (SSSR count). The number of halogens is 2. The van der Waals surface area contributed by atoms with Crippen LogP contribution in [0.4, 0.5) is 0 Å². The van der Waals surface area contributed by atoms with Gasteiger partial charge in [0.15, 0.2) is 0 Å². The lowest BCUT2D eigenvalue weighted by Gasteiger charge is -2.14. The van der Waals surface area contributed by atoms with Gasteiger partial charge in [-0.3, -0.25) is 0 Å². The van der Waals surface area contributed by atoms with E-state index < -0.39 is 0 Å². The van der Waals surface area contributed by atoms with E-state index in [1.54, 1.807) is 18.9 Å². The van der Waals surface area contributed by atoms with Crippen LogP contribution in [0.2, 0.25) is 5.02 Å². The molecule has 114 valence electrons. The first-order valence-corrected chi connectivity index (χ1v) is 7.53. The average molecular weight is 344 g/mol. The van der Waals surface area contributed by atoms with E-state index in [0.29, 0.717) is 10.8 Å². The molecule has 0 aromatic heterocycles. The Morgan fingerprint density at radius 2 is 1.86 bits per heavy atom. The summed E-state index contributed by atoms with van der Waals surface area (Å²) in [6.45, 7) is 0.925. The molecule has 0 radical (unpaired) electrons. The van der Waals surface area contributed by atoms with Crippen molar-refractivity contribution >= 4 is 35.8 Å². The molecule has 0 heterocycles. The van der Waals surface area contributed by atoms with Crippen LogP contribution in [-0.2, 0) is 6.54 Å². The van der Waals surface area contributed by atoms with Crippen molar-refractivity contribution in [2.24, 2.45) is 0 Å². The van der Waals surface area contributed by atoms with Crippen LogP contribution in [0.3, 0.4) is 0 Å². The van der Waals surface area contributed by atoms with Crippen LogP contribution in [0.25, 0.3) is 0 Å². The van der Waals surface area contributed by atoms with Crippen molar-refractivity contribution in [1.29, 1.82) is 0 Å². The molecule has 0 aliphatic heterocycles.